The van der Waals surface area contributed by atoms with E-state index in [1.807, 2.05) is 30.3 Å². The number of Topliss-reactive ketones (excluding diaryl/α,β-unsaturated/α-hetero) is 1. The molecule has 0 atom stereocenters. The van der Waals surface area contributed by atoms with Crippen molar-refractivity contribution < 1.29 is 14.7 Å². The first-order valence-corrected chi connectivity index (χ1v) is 9.50. The van der Waals surface area contributed by atoms with E-state index in [4.69, 9.17) is 5.11 Å². The molecule has 0 bridgehead atoms. The molecule has 0 aromatic heterocycles. The van der Waals surface area contributed by atoms with Crippen molar-refractivity contribution in [3.8, 4) is 0 Å². The van der Waals surface area contributed by atoms with Crippen molar-refractivity contribution >= 4 is 11.8 Å². The summed E-state index contributed by atoms with van der Waals surface area (Å²) in [6.07, 6.45) is 15.4. The van der Waals surface area contributed by atoms with E-state index < -0.39 is 5.97 Å². The van der Waals surface area contributed by atoms with Crippen LogP contribution in [0.3, 0.4) is 0 Å². The number of carbonyl (C=O) groups is 2. The Morgan fingerprint density at radius 3 is 1.96 bits per heavy atom. The summed E-state index contributed by atoms with van der Waals surface area (Å²) in [5.74, 6) is -0.547. The van der Waals surface area contributed by atoms with Crippen LogP contribution in [0.2, 0.25) is 0 Å². The Morgan fingerprint density at radius 2 is 1.44 bits per heavy atom. The first-order chi connectivity index (χ1) is 12.1. The van der Waals surface area contributed by atoms with E-state index in [1.54, 1.807) is 6.92 Å². The number of benzene rings is 1. The zero-order chi connectivity index (χ0) is 18.8. The minimum atomic E-state index is -0.668. The Labute approximate surface area is 153 Å². The number of allylic oxidation sites excluding steroid dienone is 2. The van der Waals surface area contributed by atoms with Crippen LogP contribution in [0.4, 0.5) is 0 Å². The molecule has 140 valence electrons. The molecule has 1 N–H and O–H groups in total. The summed E-state index contributed by atoms with van der Waals surface area (Å²) in [6, 6.07) is 9.23. The predicted octanol–water partition coefficient (Wildman–Crippen LogP) is 6.44. The number of aliphatic carboxylic acids is 1. The third-order valence-corrected chi connectivity index (χ3v) is 3.83. The maximum atomic E-state index is 10.6. The SMILES string of the molecule is CC(=O)c1ccccc1.CCCC/C=C\CCCCCCCC(=O)O. The van der Waals surface area contributed by atoms with E-state index in [0.29, 0.717) is 6.42 Å². The molecule has 0 unspecified atom stereocenters. The van der Waals surface area contributed by atoms with E-state index in [2.05, 4.69) is 19.1 Å². The van der Waals surface area contributed by atoms with Gasteiger partial charge in [0, 0.05) is 12.0 Å². The van der Waals surface area contributed by atoms with Gasteiger partial charge in [0.25, 0.3) is 0 Å². The summed E-state index contributed by atoms with van der Waals surface area (Å²) in [6.45, 7) is 3.78. The molecule has 0 saturated heterocycles. The summed E-state index contributed by atoms with van der Waals surface area (Å²) in [5, 5.41) is 8.45. The lowest BCUT2D eigenvalue weighted by Gasteiger charge is -1.98. The Kier molecular flexibility index (Phi) is 15.7. The van der Waals surface area contributed by atoms with Crippen LogP contribution < -0.4 is 0 Å². The average molecular weight is 347 g/mol. The Bertz CT molecular complexity index is 477. The summed E-state index contributed by atoms with van der Waals surface area (Å²) in [4.78, 5) is 20.9. The Morgan fingerprint density at radius 1 is 0.880 bits per heavy atom. The maximum absolute atomic E-state index is 10.6. The molecule has 1 rings (SSSR count). The standard InChI is InChI=1S/C14H26O2.C8H8O/c1-2-3-4-5-6-7-8-9-10-11-12-13-14(15)16;1-7(9)8-5-3-2-4-6-8/h5-6H,2-4,7-13H2,1H3,(H,15,16);2-6H,1H3/b6-5-;. The van der Waals surface area contributed by atoms with Gasteiger partial charge in [-0.3, -0.25) is 9.59 Å². The molecule has 0 spiro atoms. The number of carboxylic acid groups (broad SMARTS) is 1. The van der Waals surface area contributed by atoms with Crippen LogP contribution in [0.1, 0.15) is 88.4 Å². The summed E-state index contributed by atoms with van der Waals surface area (Å²) in [7, 11) is 0. The van der Waals surface area contributed by atoms with E-state index >= 15 is 0 Å². The van der Waals surface area contributed by atoms with Gasteiger partial charge in [-0.05, 0) is 32.6 Å². The second kappa shape index (κ2) is 16.9. The van der Waals surface area contributed by atoms with Crippen molar-refractivity contribution in [2.24, 2.45) is 0 Å². The van der Waals surface area contributed by atoms with E-state index in [0.717, 1.165) is 18.4 Å². The molecular formula is C22H34O3. The van der Waals surface area contributed by atoms with Crippen LogP contribution >= 0.6 is 0 Å². The predicted molar refractivity (Wildman–Crippen MR) is 105 cm³/mol. The van der Waals surface area contributed by atoms with Crippen molar-refractivity contribution in [3.05, 3.63) is 48.0 Å². The molecule has 0 saturated carbocycles. The zero-order valence-electron chi connectivity index (χ0n) is 15.9. The van der Waals surface area contributed by atoms with E-state index in [9.17, 15) is 9.59 Å². The molecule has 0 radical (unpaired) electrons. The molecule has 1 aromatic carbocycles. The van der Waals surface area contributed by atoms with Gasteiger partial charge in [-0.15, -0.1) is 0 Å². The molecule has 3 nitrogen and oxygen atoms in total. The molecular weight excluding hydrogens is 312 g/mol. The molecule has 0 amide bonds. The number of rotatable bonds is 12. The van der Waals surface area contributed by atoms with Crippen molar-refractivity contribution in [1.29, 1.82) is 0 Å². The monoisotopic (exact) mass is 346 g/mol. The van der Waals surface area contributed by atoms with Gasteiger partial charge in [0.2, 0.25) is 0 Å². The lowest BCUT2D eigenvalue weighted by molar-refractivity contribution is -0.137. The lowest BCUT2D eigenvalue weighted by atomic mass is 10.1. The first-order valence-electron chi connectivity index (χ1n) is 9.50. The fraction of sp³-hybridized carbons (Fsp3) is 0.545. The van der Waals surface area contributed by atoms with Crippen LogP contribution in [-0.4, -0.2) is 16.9 Å². The Hall–Kier alpha value is -1.90. The minimum Gasteiger partial charge on any atom is -0.481 e. The number of unbranched alkanes of at least 4 members (excludes halogenated alkanes) is 7. The smallest absolute Gasteiger partial charge is 0.303 e. The highest BCUT2D eigenvalue weighted by atomic mass is 16.4. The largest absolute Gasteiger partial charge is 0.481 e. The zero-order valence-corrected chi connectivity index (χ0v) is 15.9. The summed E-state index contributed by atoms with van der Waals surface area (Å²) >= 11 is 0. The average Bonchev–Trinajstić information content (AvgIpc) is 2.61. The second-order valence-corrected chi connectivity index (χ2v) is 6.24. The second-order valence-electron chi connectivity index (χ2n) is 6.24. The van der Waals surface area contributed by atoms with Crippen molar-refractivity contribution in [1.82, 2.24) is 0 Å². The quantitative estimate of drug-likeness (QED) is 0.269. The highest BCUT2D eigenvalue weighted by Gasteiger charge is 1.95. The van der Waals surface area contributed by atoms with E-state index in [-0.39, 0.29) is 5.78 Å². The van der Waals surface area contributed by atoms with Crippen LogP contribution in [0.15, 0.2) is 42.5 Å². The van der Waals surface area contributed by atoms with Crippen molar-refractivity contribution in [2.45, 2.75) is 78.1 Å². The highest BCUT2D eigenvalue weighted by molar-refractivity contribution is 5.93. The van der Waals surface area contributed by atoms with Gasteiger partial charge in [0.15, 0.2) is 5.78 Å². The molecule has 0 aliphatic carbocycles. The van der Waals surface area contributed by atoms with Gasteiger partial charge >= 0.3 is 5.97 Å². The van der Waals surface area contributed by atoms with Gasteiger partial charge in [0.1, 0.15) is 0 Å². The number of carbonyl (C=O) groups excluding carboxylic acids is 1. The normalized spacial score (nSPS) is 10.3. The summed E-state index contributed by atoms with van der Waals surface area (Å²) < 4.78 is 0. The van der Waals surface area contributed by atoms with Crippen LogP contribution in [-0.2, 0) is 4.79 Å². The molecule has 0 aliphatic rings. The number of ketones is 1. The third-order valence-electron chi connectivity index (χ3n) is 3.83. The topological polar surface area (TPSA) is 54.4 Å². The third kappa shape index (κ3) is 16.7. The number of carboxylic acids is 1. The van der Waals surface area contributed by atoms with Gasteiger partial charge in [-0.25, -0.2) is 0 Å². The van der Waals surface area contributed by atoms with Crippen LogP contribution in [0, 0.1) is 0 Å². The summed E-state index contributed by atoms with van der Waals surface area (Å²) in [5.41, 5.74) is 0.775. The molecule has 0 fully saturated rings. The van der Waals surface area contributed by atoms with Crippen LogP contribution in [0.5, 0.6) is 0 Å². The minimum absolute atomic E-state index is 0.121. The number of hydrogen-bond acceptors (Lipinski definition) is 2. The Balaban J connectivity index is 0.000000535. The van der Waals surface area contributed by atoms with Gasteiger partial charge in [0.05, 0.1) is 0 Å². The lowest BCUT2D eigenvalue weighted by Crippen LogP contribution is -1.93. The van der Waals surface area contributed by atoms with Gasteiger partial charge in [-0.1, -0.05) is 81.5 Å². The highest BCUT2D eigenvalue weighted by Crippen LogP contribution is 2.08. The molecule has 0 aliphatic heterocycles. The van der Waals surface area contributed by atoms with E-state index in [1.165, 1.54) is 44.9 Å². The number of hydrogen-bond donors (Lipinski definition) is 1. The molecule has 25 heavy (non-hydrogen) atoms. The van der Waals surface area contributed by atoms with Crippen molar-refractivity contribution in [2.75, 3.05) is 0 Å². The fourth-order valence-electron chi connectivity index (χ4n) is 2.30. The van der Waals surface area contributed by atoms with Gasteiger partial charge < -0.3 is 5.11 Å². The fourth-order valence-corrected chi connectivity index (χ4v) is 2.30. The van der Waals surface area contributed by atoms with Crippen molar-refractivity contribution in [3.63, 3.8) is 0 Å². The van der Waals surface area contributed by atoms with Crippen LogP contribution in [0.25, 0.3) is 0 Å². The first kappa shape index (κ1) is 23.1. The molecule has 3 heteroatoms. The van der Waals surface area contributed by atoms with Gasteiger partial charge in [-0.2, -0.15) is 0 Å². The molecule has 0 heterocycles. The maximum Gasteiger partial charge on any atom is 0.303 e. The molecule has 1 aromatic rings.